The second-order valence-corrected chi connectivity index (χ2v) is 6.89. The number of likely N-dealkylation sites (tertiary alicyclic amines) is 1. The number of sulfonamides is 1. The van der Waals surface area contributed by atoms with Gasteiger partial charge >= 0.3 is 0 Å². The van der Waals surface area contributed by atoms with Crippen molar-refractivity contribution < 1.29 is 17.9 Å². The summed E-state index contributed by atoms with van der Waals surface area (Å²) >= 11 is 0. The molecule has 1 heterocycles. The summed E-state index contributed by atoms with van der Waals surface area (Å²) in [6, 6.07) is 4.47. The van der Waals surface area contributed by atoms with Crippen molar-refractivity contribution in [3.05, 3.63) is 29.3 Å². The van der Waals surface area contributed by atoms with Crippen LogP contribution in [0.4, 0.5) is 0 Å². The zero-order valence-corrected chi connectivity index (χ0v) is 13.0. The summed E-state index contributed by atoms with van der Waals surface area (Å²) in [7, 11) is -2.19. The Morgan fingerprint density at radius 2 is 2.10 bits per heavy atom. The molecule has 116 valence electrons. The van der Waals surface area contributed by atoms with Gasteiger partial charge in [-0.3, -0.25) is 4.79 Å². The molecule has 0 saturated carbocycles. The smallest absolute Gasteiger partial charge is 0.253 e. The molecule has 1 aromatic carbocycles. The van der Waals surface area contributed by atoms with Crippen molar-refractivity contribution in [2.45, 2.75) is 30.8 Å². The summed E-state index contributed by atoms with van der Waals surface area (Å²) in [6.45, 7) is 2.91. The minimum absolute atomic E-state index is 0.0326. The monoisotopic (exact) mass is 312 g/mol. The summed E-state index contributed by atoms with van der Waals surface area (Å²) in [5, 5.41) is 5.14. The van der Waals surface area contributed by atoms with Crippen molar-refractivity contribution >= 4 is 15.9 Å². The number of hydrogen-bond acceptors (Lipinski definition) is 4. The van der Waals surface area contributed by atoms with Gasteiger partial charge in [0.15, 0.2) is 0 Å². The Kier molecular flexibility index (Phi) is 4.65. The molecular weight excluding hydrogens is 292 g/mol. The first-order valence-corrected chi connectivity index (χ1v) is 8.32. The van der Waals surface area contributed by atoms with E-state index in [1.807, 2.05) is 0 Å². The van der Waals surface area contributed by atoms with Crippen LogP contribution in [0, 0.1) is 6.92 Å². The van der Waals surface area contributed by atoms with E-state index in [0.717, 1.165) is 12.8 Å². The van der Waals surface area contributed by atoms with Crippen LogP contribution in [0.3, 0.4) is 0 Å². The molecule has 21 heavy (non-hydrogen) atoms. The minimum Gasteiger partial charge on any atom is -0.380 e. The molecule has 1 amide bonds. The molecule has 1 saturated heterocycles. The number of nitrogens with zero attached hydrogens (tertiary/aromatic N) is 1. The molecule has 0 aromatic heterocycles. The van der Waals surface area contributed by atoms with E-state index in [2.05, 4.69) is 0 Å². The van der Waals surface area contributed by atoms with Crippen LogP contribution in [0.5, 0.6) is 0 Å². The lowest BCUT2D eigenvalue weighted by molar-refractivity contribution is 0.0269. The predicted molar refractivity (Wildman–Crippen MR) is 78.5 cm³/mol. The van der Waals surface area contributed by atoms with Gasteiger partial charge < -0.3 is 9.64 Å². The largest absolute Gasteiger partial charge is 0.380 e. The number of carbonyl (C=O) groups excluding carboxylic acids is 1. The van der Waals surface area contributed by atoms with Gasteiger partial charge in [-0.05, 0) is 43.5 Å². The van der Waals surface area contributed by atoms with Gasteiger partial charge in [0.1, 0.15) is 0 Å². The third-order valence-electron chi connectivity index (χ3n) is 3.63. The second-order valence-electron chi connectivity index (χ2n) is 5.33. The molecule has 0 radical (unpaired) electrons. The van der Waals surface area contributed by atoms with Gasteiger partial charge in [-0.25, -0.2) is 13.6 Å². The van der Waals surface area contributed by atoms with Crippen LogP contribution in [0.25, 0.3) is 0 Å². The fourth-order valence-electron chi connectivity index (χ4n) is 2.53. The third kappa shape index (κ3) is 3.81. The van der Waals surface area contributed by atoms with E-state index in [-0.39, 0.29) is 16.9 Å². The highest BCUT2D eigenvalue weighted by molar-refractivity contribution is 7.89. The summed E-state index contributed by atoms with van der Waals surface area (Å²) in [4.78, 5) is 14.2. The van der Waals surface area contributed by atoms with Crippen LogP contribution >= 0.6 is 0 Å². The van der Waals surface area contributed by atoms with E-state index in [4.69, 9.17) is 9.88 Å². The van der Waals surface area contributed by atoms with Crippen molar-refractivity contribution in [1.82, 2.24) is 4.90 Å². The zero-order chi connectivity index (χ0) is 15.6. The number of ether oxygens (including phenoxy) is 1. The van der Waals surface area contributed by atoms with E-state index in [9.17, 15) is 13.2 Å². The number of benzene rings is 1. The third-order valence-corrected chi connectivity index (χ3v) is 4.52. The van der Waals surface area contributed by atoms with Gasteiger partial charge in [0, 0.05) is 25.8 Å². The number of rotatable bonds is 3. The first-order chi connectivity index (χ1) is 9.81. The van der Waals surface area contributed by atoms with Gasteiger partial charge in [-0.2, -0.15) is 0 Å². The van der Waals surface area contributed by atoms with Crippen molar-refractivity contribution in [3.8, 4) is 0 Å². The maximum absolute atomic E-state index is 12.5. The molecule has 1 atom stereocenters. The molecule has 1 unspecified atom stereocenters. The first kappa shape index (κ1) is 15.9. The fraction of sp³-hybridized carbons (Fsp3) is 0.500. The minimum atomic E-state index is -3.82. The average Bonchev–Trinajstić information content (AvgIpc) is 2.45. The molecule has 0 aliphatic carbocycles. The Labute approximate surface area is 124 Å². The van der Waals surface area contributed by atoms with Crippen LogP contribution in [0.15, 0.2) is 23.1 Å². The average molecular weight is 312 g/mol. The quantitative estimate of drug-likeness (QED) is 0.897. The summed E-state index contributed by atoms with van der Waals surface area (Å²) in [5.41, 5.74) is 1.03. The normalized spacial score (nSPS) is 19.6. The molecule has 0 spiro atoms. The van der Waals surface area contributed by atoms with Crippen LogP contribution < -0.4 is 5.14 Å². The fourth-order valence-corrected chi connectivity index (χ4v) is 3.17. The van der Waals surface area contributed by atoms with E-state index in [1.165, 1.54) is 12.1 Å². The number of amides is 1. The van der Waals surface area contributed by atoms with Gasteiger partial charge in [0.25, 0.3) is 5.91 Å². The number of piperidine rings is 1. The molecule has 7 heteroatoms. The number of nitrogens with two attached hydrogens (primary N) is 1. The Bertz CT molecular complexity index is 642. The summed E-state index contributed by atoms with van der Waals surface area (Å²) < 4.78 is 28.2. The standard InChI is InChI=1S/C14H20N2O4S/c1-10-6-11(8-13(7-10)21(15,18)19)14(17)16-5-3-4-12(9-16)20-2/h6-8,12H,3-5,9H2,1-2H3,(H2,15,18,19). The Morgan fingerprint density at radius 1 is 1.38 bits per heavy atom. The predicted octanol–water partition coefficient (Wildman–Crippen LogP) is 0.893. The molecule has 2 rings (SSSR count). The van der Waals surface area contributed by atoms with Crippen molar-refractivity contribution in [3.63, 3.8) is 0 Å². The van der Waals surface area contributed by atoms with Gasteiger partial charge in [0.2, 0.25) is 10.0 Å². The second kappa shape index (κ2) is 6.13. The van der Waals surface area contributed by atoms with Crippen LogP contribution in [0.2, 0.25) is 0 Å². The lowest BCUT2D eigenvalue weighted by Gasteiger charge is -2.32. The highest BCUT2D eigenvalue weighted by Crippen LogP contribution is 2.19. The summed E-state index contributed by atoms with van der Waals surface area (Å²) in [5.74, 6) is -0.189. The molecule has 1 aliphatic heterocycles. The van der Waals surface area contributed by atoms with E-state index < -0.39 is 10.0 Å². The van der Waals surface area contributed by atoms with Gasteiger partial charge in [0.05, 0.1) is 11.0 Å². The highest BCUT2D eigenvalue weighted by Gasteiger charge is 2.25. The molecule has 6 nitrogen and oxygen atoms in total. The SMILES string of the molecule is COC1CCCN(C(=O)c2cc(C)cc(S(N)(=O)=O)c2)C1. The number of carbonyl (C=O) groups is 1. The van der Waals surface area contributed by atoms with Gasteiger partial charge in [-0.1, -0.05) is 0 Å². The Balaban J connectivity index is 2.29. The first-order valence-electron chi connectivity index (χ1n) is 6.78. The van der Waals surface area contributed by atoms with Crippen molar-refractivity contribution in [2.24, 2.45) is 5.14 Å². The molecule has 1 aliphatic rings. The molecular formula is C14H20N2O4S. The Hall–Kier alpha value is -1.44. The van der Waals surface area contributed by atoms with E-state index in [1.54, 1.807) is 25.0 Å². The molecule has 0 bridgehead atoms. The van der Waals surface area contributed by atoms with Gasteiger partial charge in [-0.15, -0.1) is 0 Å². The molecule has 1 aromatic rings. The zero-order valence-electron chi connectivity index (χ0n) is 12.2. The summed E-state index contributed by atoms with van der Waals surface area (Å²) in [6.07, 6.45) is 1.83. The lowest BCUT2D eigenvalue weighted by Crippen LogP contribution is -2.43. The van der Waals surface area contributed by atoms with E-state index >= 15 is 0 Å². The van der Waals surface area contributed by atoms with Crippen molar-refractivity contribution in [2.75, 3.05) is 20.2 Å². The number of primary sulfonamides is 1. The van der Waals surface area contributed by atoms with Crippen LogP contribution in [0.1, 0.15) is 28.8 Å². The lowest BCUT2D eigenvalue weighted by atomic mass is 10.1. The van der Waals surface area contributed by atoms with Crippen molar-refractivity contribution in [1.29, 1.82) is 0 Å². The number of aryl methyl sites for hydroxylation is 1. The Morgan fingerprint density at radius 3 is 2.71 bits per heavy atom. The number of methoxy groups -OCH3 is 1. The number of hydrogen-bond donors (Lipinski definition) is 1. The topological polar surface area (TPSA) is 89.7 Å². The molecule has 2 N–H and O–H groups in total. The maximum atomic E-state index is 12.5. The van der Waals surface area contributed by atoms with Crippen LogP contribution in [-0.2, 0) is 14.8 Å². The highest BCUT2D eigenvalue weighted by atomic mass is 32.2. The van der Waals surface area contributed by atoms with E-state index in [0.29, 0.717) is 24.2 Å². The maximum Gasteiger partial charge on any atom is 0.253 e. The molecule has 1 fully saturated rings. The van der Waals surface area contributed by atoms with Crippen LogP contribution in [-0.4, -0.2) is 45.5 Å².